The fourth-order valence-corrected chi connectivity index (χ4v) is 4.07. The van der Waals surface area contributed by atoms with Gasteiger partial charge in [0.25, 0.3) is 11.5 Å². The zero-order valence-electron chi connectivity index (χ0n) is 12.7. The highest BCUT2D eigenvalue weighted by atomic mass is 32.2. The van der Waals surface area contributed by atoms with Crippen LogP contribution in [0, 0.1) is 5.82 Å². The Labute approximate surface area is 143 Å². The maximum Gasteiger partial charge on any atom is 0.419 e. The van der Waals surface area contributed by atoms with E-state index in [2.05, 4.69) is 0 Å². The number of nitrogens with zero attached hydrogens (tertiary/aromatic N) is 1. The maximum atomic E-state index is 13.8. The summed E-state index contributed by atoms with van der Waals surface area (Å²) < 4.78 is 76.8. The number of nitrogens with two attached hydrogens (primary N) is 1. The van der Waals surface area contributed by atoms with Crippen LogP contribution in [-0.4, -0.2) is 24.6 Å². The first kappa shape index (κ1) is 18.1. The summed E-state index contributed by atoms with van der Waals surface area (Å²) in [6, 6.07) is 0.664. The number of rotatable bonds is 2. The van der Waals surface area contributed by atoms with Crippen molar-refractivity contribution in [3.05, 3.63) is 57.0 Å². The summed E-state index contributed by atoms with van der Waals surface area (Å²) >= 11 is 0. The van der Waals surface area contributed by atoms with Crippen LogP contribution in [-0.2, 0) is 16.0 Å². The zero-order chi connectivity index (χ0) is 19.4. The summed E-state index contributed by atoms with van der Waals surface area (Å²) in [5.41, 5.74) is 1.48. The lowest BCUT2D eigenvalue weighted by atomic mass is 10.1. The van der Waals surface area contributed by atoms with Crippen molar-refractivity contribution in [2.24, 2.45) is 5.73 Å². The van der Waals surface area contributed by atoms with Gasteiger partial charge in [-0.2, -0.15) is 13.2 Å². The van der Waals surface area contributed by atoms with Gasteiger partial charge in [-0.15, -0.1) is 0 Å². The molecule has 0 spiro atoms. The van der Waals surface area contributed by atoms with Crippen molar-refractivity contribution in [1.82, 2.24) is 4.57 Å². The molecule has 0 aliphatic carbocycles. The molecule has 1 aliphatic rings. The summed E-state index contributed by atoms with van der Waals surface area (Å²) in [5, 5.41) is 0.628. The Morgan fingerprint density at radius 1 is 1.23 bits per heavy atom. The molecule has 0 saturated heterocycles. The Morgan fingerprint density at radius 2 is 1.88 bits per heavy atom. The number of carbonyl (C=O) groups excluding carboxylic acids is 1. The average Bonchev–Trinajstić information content (AvgIpc) is 2.84. The number of hydrogen-bond donors (Lipinski definition) is 1. The first-order valence-corrected chi connectivity index (χ1v) is 8.79. The van der Waals surface area contributed by atoms with E-state index in [-0.39, 0.29) is 10.9 Å². The van der Waals surface area contributed by atoms with E-state index in [0.29, 0.717) is 16.7 Å². The normalized spacial score (nSPS) is 19.2. The lowest BCUT2D eigenvalue weighted by Gasteiger charge is -2.18. The Hall–Kier alpha value is -2.69. The summed E-state index contributed by atoms with van der Waals surface area (Å²) in [6.07, 6.45) is -3.92. The molecule has 1 unspecified atom stereocenters. The minimum absolute atomic E-state index is 0.193. The number of carbonyl (C=O) groups is 1. The van der Waals surface area contributed by atoms with Gasteiger partial charge in [0.2, 0.25) is 0 Å². The molecular formula is C15H10F4N2O4S. The molecule has 11 heteroatoms. The SMILES string of the molecule is NC(=O)c1cc2cc(F)c(C(F)(F)F)cc2n(C2C=CS(=O)(=O)C2)c1=O. The third-order valence-corrected chi connectivity index (χ3v) is 5.32. The van der Waals surface area contributed by atoms with Crippen LogP contribution in [0.15, 0.2) is 34.5 Å². The van der Waals surface area contributed by atoms with Gasteiger partial charge in [-0.3, -0.25) is 14.2 Å². The summed E-state index contributed by atoms with van der Waals surface area (Å²) in [5.74, 6) is -3.35. The molecule has 0 radical (unpaired) electrons. The number of aromatic nitrogens is 1. The van der Waals surface area contributed by atoms with E-state index in [1.165, 1.54) is 0 Å². The molecule has 3 rings (SSSR count). The van der Waals surface area contributed by atoms with Crippen molar-refractivity contribution in [1.29, 1.82) is 0 Å². The smallest absolute Gasteiger partial charge is 0.365 e. The number of pyridine rings is 1. The van der Waals surface area contributed by atoms with Crippen molar-refractivity contribution < 1.29 is 30.8 Å². The van der Waals surface area contributed by atoms with Crippen molar-refractivity contribution in [3.63, 3.8) is 0 Å². The van der Waals surface area contributed by atoms with Crippen molar-refractivity contribution in [2.45, 2.75) is 12.2 Å². The highest BCUT2D eigenvalue weighted by Gasteiger charge is 2.35. The number of benzene rings is 1. The topological polar surface area (TPSA) is 99.2 Å². The number of primary amides is 1. The van der Waals surface area contributed by atoms with Crippen LogP contribution in [0.5, 0.6) is 0 Å². The second kappa shape index (κ2) is 5.66. The molecule has 1 atom stereocenters. The van der Waals surface area contributed by atoms with Gasteiger partial charge in [0.15, 0.2) is 9.84 Å². The second-order valence-electron chi connectivity index (χ2n) is 5.71. The summed E-state index contributed by atoms with van der Waals surface area (Å²) in [4.78, 5) is 24.0. The molecular weight excluding hydrogens is 380 g/mol. The quantitative estimate of drug-likeness (QED) is 0.790. The Morgan fingerprint density at radius 3 is 2.38 bits per heavy atom. The van der Waals surface area contributed by atoms with Crippen LogP contribution >= 0.6 is 0 Å². The molecule has 1 aliphatic heterocycles. The minimum atomic E-state index is -5.03. The van der Waals surface area contributed by atoms with Crippen molar-refractivity contribution in [2.75, 3.05) is 5.75 Å². The van der Waals surface area contributed by atoms with E-state index in [9.17, 15) is 35.6 Å². The molecule has 138 valence electrons. The van der Waals surface area contributed by atoms with Gasteiger partial charge in [-0.25, -0.2) is 12.8 Å². The highest BCUT2D eigenvalue weighted by molar-refractivity contribution is 7.94. The van der Waals surface area contributed by atoms with E-state index in [0.717, 1.165) is 17.6 Å². The first-order valence-electron chi connectivity index (χ1n) is 7.07. The third-order valence-electron chi connectivity index (χ3n) is 3.94. The fraction of sp³-hybridized carbons (Fsp3) is 0.200. The Kier molecular flexibility index (Phi) is 3.94. The lowest BCUT2D eigenvalue weighted by Crippen LogP contribution is -2.33. The first-order chi connectivity index (χ1) is 11.9. The van der Waals surface area contributed by atoms with Crippen LogP contribution in [0.4, 0.5) is 17.6 Å². The highest BCUT2D eigenvalue weighted by Crippen LogP contribution is 2.34. The molecule has 1 aromatic heterocycles. The van der Waals surface area contributed by atoms with Crippen LogP contribution in [0.1, 0.15) is 22.0 Å². The van der Waals surface area contributed by atoms with Gasteiger partial charge in [0.1, 0.15) is 11.4 Å². The molecule has 2 heterocycles. The van der Waals surface area contributed by atoms with Crippen LogP contribution < -0.4 is 11.3 Å². The maximum absolute atomic E-state index is 13.8. The van der Waals surface area contributed by atoms with Crippen molar-refractivity contribution >= 4 is 26.6 Å². The fourth-order valence-electron chi connectivity index (χ4n) is 2.80. The van der Waals surface area contributed by atoms with Gasteiger partial charge >= 0.3 is 6.18 Å². The van der Waals surface area contributed by atoms with Gasteiger partial charge in [-0.1, -0.05) is 0 Å². The third kappa shape index (κ3) is 2.98. The molecule has 26 heavy (non-hydrogen) atoms. The number of amides is 1. The standard InChI is InChI=1S/C15H10F4N2O4S/c16-11-4-7-3-9(13(20)22)14(23)21(8-1-2-26(24,25)6-8)12(7)5-10(11)15(17,18)19/h1-5,8H,6H2,(H2,20,22). The summed E-state index contributed by atoms with van der Waals surface area (Å²) in [6.45, 7) is 0. The van der Waals surface area contributed by atoms with E-state index < -0.39 is 56.2 Å². The van der Waals surface area contributed by atoms with Gasteiger partial charge in [-0.05, 0) is 24.3 Å². The molecule has 1 aromatic carbocycles. The number of allylic oxidation sites excluding steroid dienone is 1. The van der Waals surface area contributed by atoms with E-state index >= 15 is 0 Å². The van der Waals surface area contributed by atoms with Gasteiger partial charge in [0, 0.05) is 10.8 Å². The largest absolute Gasteiger partial charge is 0.419 e. The predicted octanol–water partition coefficient (Wildman–Crippen LogP) is 1.74. The number of halogens is 4. The van der Waals surface area contributed by atoms with E-state index in [4.69, 9.17) is 5.73 Å². The Bertz CT molecular complexity index is 1130. The molecule has 0 saturated carbocycles. The molecule has 0 bridgehead atoms. The van der Waals surface area contributed by atoms with Gasteiger partial charge in [0.05, 0.1) is 22.9 Å². The van der Waals surface area contributed by atoms with Crippen LogP contribution in [0.25, 0.3) is 10.9 Å². The van der Waals surface area contributed by atoms with Crippen LogP contribution in [0.3, 0.4) is 0 Å². The molecule has 2 aromatic rings. The van der Waals surface area contributed by atoms with E-state index in [1.54, 1.807) is 0 Å². The Balaban J connectivity index is 2.42. The number of alkyl halides is 3. The molecule has 0 fully saturated rings. The number of hydrogen-bond acceptors (Lipinski definition) is 4. The number of fused-ring (bicyclic) bond motifs is 1. The number of sulfone groups is 1. The lowest BCUT2D eigenvalue weighted by molar-refractivity contribution is -0.139. The molecule has 1 amide bonds. The van der Waals surface area contributed by atoms with Crippen LogP contribution in [0.2, 0.25) is 0 Å². The minimum Gasteiger partial charge on any atom is -0.365 e. The predicted molar refractivity (Wildman–Crippen MR) is 83.6 cm³/mol. The molecule has 2 N–H and O–H groups in total. The summed E-state index contributed by atoms with van der Waals surface area (Å²) in [7, 11) is -3.66. The monoisotopic (exact) mass is 390 g/mol. The zero-order valence-corrected chi connectivity index (χ0v) is 13.6. The van der Waals surface area contributed by atoms with Gasteiger partial charge < -0.3 is 5.73 Å². The van der Waals surface area contributed by atoms with E-state index in [1.807, 2.05) is 0 Å². The second-order valence-corrected chi connectivity index (χ2v) is 7.64. The van der Waals surface area contributed by atoms with Crippen molar-refractivity contribution in [3.8, 4) is 0 Å². The molecule has 6 nitrogen and oxygen atoms in total. The average molecular weight is 390 g/mol.